The van der Waals surface area contributed by atoms with Crippen LogP contribution in [0.25, 0.3) is 16.6 Å². The molecule has 0 radical (unpaired) electrons. The van der Waals surface area contributed by atoms with E-state index in [0.717, 1.165) is 16.6 Å². The molecule has 0 spiro atoms. The van der Waals surface area contributed by atoms with Gasteiger partial charge in [0.2, 0.25) is 0 Å². The first-order valence-corrected chi connectivity index (χ1v) is 10.00. The molecule has 0 atom stereocenters. The van der Waals surface area contributed by atoms with Gasteiger partial charge in [-0.15, -0.1) is 0 Å². The Labute approximate surface area is 182 Å². The van der Waals surface area contributed by atoms with Gasteiger partial charge >= 0.3 is 0 Å². The highest BCUT2D eigenvalue weighted by molar-refractivity contribution is 6.04. The maximum Gasteiger partial charge on any atom is 0.272 e. The van der Waals surface area contributed by atoms with Crippen LogP contribution < -0.4 is 10.9 Å². The number of anilines is 1. The Kier molecular flexibility index (Phi) is 5.01. The summed E-state index contributed by atoms with van der Waals surface area (Å²) >= 11 is 0. The minimum atomic E-state index is -0.255. The van der Waals surface area contributed by atoms with Crippen molar-refractivity contribution in [1.29, 1.82) is 0 Å². The van der Waals surface area contributed by atoms with Crippen LogP contribution in [0, 0.1) is 0 Å². The maximum absolute atomic E-state index is 12.7. The molecule has 5 rings (SSSR count). The number of hydrogen-bond acceptors (Lipinski definition) is 5. The number of rotatable bonds is 5. The standard InChI is InChI=1S/C24H18N6O2/c31-23(17-9-10-22(25-15-17)30-12-4-11-26-30)27-18-6-3-5-16(13-18)14-21-19-7-1-2-8-20(19)24(32)29-28-21/h1-13,15H,14H2,(H,27,31)(H,29,32). The summed E-state index contributed by atoms with van der Waals surface area (Å²) in [6, 6.07) is 20.2. The number of fused-ring (bicyclic) bond motifs is 1. The number of aromatic amines is 1. The van der Waals surface area contributed by atoms with E-state index in [2.05, 4.69) is 25.6 Å². The van der Waals surface area contributed by atoms with Crippen LogP contribution in [0.15, 0.2) is 90.1 Å². The fourth-order valence-electron chi connectivity index (χ4n) is 3.52. The highest BCUT2D eigenvalue weighted by Crippen LogP contribution is 2.19. The number of H-pyrrole nitrogens is 1. The molecule has 0 aliphatic carbocycles. The van der Waals surface area contributed by atoms with Crippen molar-refractivity contribution in [3.8, 4) is 5.82 Å². The van der Waals surface area contributed by atoms with Gasteiger partial charge in [0.1, 0.15) is 0 Å². The van der Waals surface area contributed by atoms with Gasteiger partial charge in [-0.25, -0.2) is 14.8 Å². The summed E-state index contributed by atoms with van der Waals surface area (Å²) in [5.41, 5.74) is 2.62. The third-order valence-electron chi connectivity index (χ3n) is 5.08. The zero-order valence-corrected chi connectivity index (χ0v) is 16.9. The SMILES string of the molecule is O=C(Nc1cccc(Cc2n[nH]c(=O)c3ccccc23)c1)c1ccc(-n2cccn2)nc1. The summed E-state index contributed by atoms with van der Waals surface area (Å²) in [5.74, 6) is 0.378. The van der Waals surface area contributed by atoms with E-state index in [0.29, 0.717) is 28.9 Å². The van der Waals surface area contributed by atoms with Gasteiger partial charge in [0, 0.05) is 36.1 Å². The van der Waals surface area contributed by atoms with E-state index >= 15 is 0 Å². The number of amides is 1. The quantitative estimate of drug-likeness (QED) is 0.452. The fraction of sp³-hybridized carbons (Fsp3) is 0.0417. The van der Waals surface area contributed by atoms with Crippen LogP contribution in [-0.4, -0.2) is 30.9 Å². The van der Waals surface area contributed by atoms with E-state index in [1.54, 1.807) is 41.3 Å². The zero-order chi connectivity index (χ0) is 21.9. The van der Waals surface area contributed by atoms with Crippen molar-refractivity contribution in [2.45, 2.75) is 6.42 Å². The highest BCUT2D eigenvalue weighted by atomic mass is 16.1. The number of aromatic nitrogens is 5. The van der Waals surface area contributed by atoms with E-state index in [9.17, 15) is 9.59 Å². The normalized spacial score (nSPS) is 10.9. The topological polar surface area (TPSA) is 106 Å². The minimum Gasteiger partial charge on any atom is -0.322 e. The molecule has 0 unspecified atom stereocenters. The Morgan fingerprint density at radius 2 is 1.88 bits per heavy atom. The molecule has 2 N–H and O–H groups in total. The minimum absolute atomic E-state index is 0.211. The molecule has 0 aliphatic heterocycles. The van der Waals surface area contributed by atoms with E-state index in [-0.39, 0.29) is 11.5 Å². The lowest BCUT2D eigenvalue weighted by Gasteiger charge is -2.09. The second-order valence-electron chi connectivity index (χ2n) is 7.23. The van der Waals surface area contributed by atoms with Crippen LogP contribution in [0.4, 0.5) is 5.69 Å². The lowest BCUT2D eigenvalue weighted by Crippen LogP contribution is -2.13. The van der Waals surface area contributed by atoms with Crippen LogP contribution in [0.3, 0.4) is 0 Å². The lowest BCUT2D eigenvalue weighted by molar-refractivity contribution is 0.102. The third-order valence-corrected chi connectivity index (χ3v) is 5.08. The first kappa shape index (κ1) is 19.4. The molecule has 0 fully saturated rings. The van der Waals surface area contributed by atoms with Crippen molar-refractivity contribution in [2.24, 2.45) is 0 Å². The molecule has 0 aliphatic rings. The number of benzene rings is 2. The Bertz CT molecular complexity index is 1460. The molecule has 1 amide bonds. The number of carbonyl (C=O) groups excluding carboxylic acids is 1. The third kappa shape index (κ3) is 3.89. The van der Waals surface area contributed by atoms with Crippen LogP contribution in [0.5, 0.6) is 0 Å². The molecule has 2 aromatic carbocycles. The van der Waals surface area contributed by atoms with Crippen LogP contribution >= 0.6 is 0 Å². The molecular formula is C24H18N6O2. The number of nitrogens with zero attached hydrogens (tertiary/aromatic N) is 4. The van der Waals surface area contributed by atoms with Crippen LogP contribution in [0.1, 0.15) is 21.6 Å². The van der Waals surface area contributed by atoms with E-state index < -0.39 is 0 Å². The van der Waals surface area contributed by atoms with E-state index in [1.807, 2.05) is 42.5 Å². The van der Waals surface area contributed by atoms with Crippen molar-refractivity contribution < 1.29 is 4.79 Å². The second-order valence-corrected chi connectivity index (χ2v) is 7.23. The molecule has 5 aromatic rings. The fourth-order valence-corrected chi connectivity index (χ4v) is 3.52. The Hall–Kier alpha value is -4.59. The molecule has 32 heavy (non-hydrogen) atoms. The second kappa shape index (κ2) is 8.27. The van der Waals surface area contributed by atoms with Gasteiger partial charge in [-0.3, -0.25) is 9.59 Å². The maximum atomic E-state index is 12.7. The number of nitrogens with one attached hydrogen (secondary N) is 2. The average molecular weight is 422 g/mol. The Morgan fingerprint density at radius 1 is 1.00 bits per heavy atom. The average Bonchev–Trinajstić information content (AvgIpc) is 3.37. The van der Waals surface area contributed by atoms with Gasteiger partial charge in [0.25, 0.3) is 11.5 Å². The van der Waals surface area contributed by atoms with Gasteiger partial charge in [-0.2, -0.15) is 10.2 Å². The van der Waals surface area contributed by atoms with Gasteiger partial charge in [-0.05, 0) is 42.0 Å². The molecule has 0 bridgehead atoms. The first-order valence-electron chi connectivity index (χ1n) is 10.00. The number of hydrogen-bond donors (Lipinski definition) is 2. The molecule has 0 saturated carbocycles. The lowest BCUT2D eigenvalue weighted by atomic mass is 10.0. The monoisotopic (exact) mass is 422 g/mol. The first-order chi connectivity index (χ1) is 15.7. The van der Waals surface area contributed by atoms with Crippen molar-refractivity contribution in [3.05, 3.63) is 112 Å². The summed E-state index contributed by atoms with van der Waals surface area (Å²) in [5, 5.41) is 15.2. The van der Waals surface area contributed by atoms with Crippen molar-refractivity contribution in [1.82, 2.24) is 25.0 Å². The molecule has 8 heteroatoms. The van der Waals surface area contributed by atoms with Gasteiger partial charge in [-0.1, -0.05) is 30.3 Å². The number of pyridine rings is 1. The predicted octanol–water partition coefficient (Wildman–Crippen LogP) is 3.35. The molecule has 3 heterocycles. The smallest absolute Gasteiger partial charge is 0.272 e. The highest BCUT2D eigenvalue weighted by Gasteiger charge is 2.10. The molecule has 0 saturated heterocycles. The zero-order valence-electron chi connectivity index (χ0n) is 16.9. The van der Waals surface area contributed by atoms with Gasteiger partial charge in [0.05, 0.1) is 16.6 Å². The number of carbonyl (C=O) groups is 1. The summed E-state index contributed by atoms with van der Waals surface area (Å²) in [7, 11) is 0. The van der Waals surface area contributed by atoms with Crippen LogP contribution in [0.2, 0.25) is 0 Å². The molecule has 3 aromatic heterocycles. The predicted molar refractivity (Wildman–Crippen MR) is 121 cm³/mol. The Morgan fingerprint density at radius 3 is 2.66 bits per heavy atom. The summed E-state index contributed by atoms with van der Waals surface area (Å²) in [6.07, 6.45) is 5.49. The molecule has 8 nitrogen and oxygen atoms in total. The van der Waals surface area contributed by atoms with Crippen molar-refractivity contribution in [3.63, 3.8) is 0 Å². The summed E-state index contributed by atoms with van der Waals surface area (Å²) in [4.78, 5) is 29.0. The Balaban J connectivity index is 1.34. The van der Waals surface area contributed by atoms with Crippen molar-refractivity contribution in [2.75, 3.05) is 5.32 Å². The van der Waals surface area contributed by atoms with Gasteiger partial charge in [0.15, 0.2) is 5.82 Å². The molecule has 156 valence electrons. The van der Waals surface area contributed by atoms with Crippen molar-refractivity contribution >= 4 is 22.4 Å². The van der Waals surface area contributed by atoms with E-state index in [4.69, 9.17) is 0 Å². The summed E-state index contributed by atoms with van der Waals surface area (Å²) < 4.78 is 1.62. The van der Waals surface area contributed by atoms with Crippen LogP contribution in [-0.2, 0) is 6.42 Å². The van der Waals surface area contributed by atoms with E-state index in [1.165, 1.54) is 6.20 Å². The molecular weight excluding hydrogens is 404 g/mol. The largest absolute Gasteiger partial charge is 0.322 e. The summed E-state index contributed by atoms with van der Waals surface area (Å²) in [6.45, 7) is 0. The van der Waals surface area contributed by atoms with Gasteiger partial charge < -0.3 is 5.32 Å².